The molecular weight excluding hydrogens is 348 g/mol. The van der Waals surface area contributed by atoms with Crippen molar-refractivity contribution in [1.82, 2.24) is 10.2 Å². The summed E-state index contributed by atoms with van der Waals surface area (Å²) in [6, 6.07) is 0.645. The molecule has 4 heteroatoms. The van der Waals surface area contributed by atoms with Gasteiger partial charge in [-0.25, -0.2) is 0 Å². The molecule has 28 heavy (non-hydrogen) atoms. The minimum Gasteiger partial charge on any atom is -0.481 e. The molecule has 0 radical (unpaired) electrons. The topological polar surface area (TPSA) is 52.6 Å². The summed E-state index contributed by atoms with van der Waals surface area (Å²) in [5, 5.41) is 13.3. The summed E-state index contributed by atoms with van der Waals surface area (Å²) in [5.41, 5.74) is 0. The quantitative estimate of drug-likeness (QED) is 0.601. The predicted molar refractivity (Wildman–Crippen MR) is 115 cm³/mol. The first-order chi connectivity index (χ1) is 13.5. The number of carbonyl (C=O) groups is 1. The Labute approximate surface area is 172 Å². The zero-order valence-corrected chi connectivity index (χ0v) is 18.5. The van der Waals surface area contributed by atoms with Gasteiger partial charge >= 0.3 is 5.97 Å². The molecule has 4 nitrogen and oxygen atoms in total. The maximum Gasteiger partial charge on any atom is 0.307 e. The first-order valence-corrected chi connectivity index (χ1v) is 12.2. The van der Waals surface area contributed by atoms with Crippen LogP contribution >= 0.6 is 0 Å². The van der Waals surface area contributed by atoms with Crippen molar-refractivity contribution in [1.29, 1.82) is 0 Å². The highest BCUT2D eigenvalue weighted by Crippen LogP contribution is 2.47. The summed E-state index contributed by atoms with van der Waals surface area (Å²) in [4.78, 5) is 13.6. The lowest BCUT2D eigenvalue weighted by atomic mass is 9.62. The number of nitrogens with one attached hydrogen (secondary N) is 1. The zero-order chi connectivity index (χ0) is 20.1. The largest absolute Gasteiger partial charge is 0.481 e. The van der Waals surface area contributed by atoms with Crippen LogP contribution in [0.2, 0.25) is 0 Å². The Balaban J connectivity index is 1.69. The smallest absolute Gasteiger partial charge is 0.307 e. The van der Waals surface area contributed by atoms with Gasteiger partial charge in [-0.3, -0.25) is 15.0 Å². The van der Waals surface area contributed by atoms with Crippen LogP contribution < -0.4 is 5.32 Å². The molecule has 0 bridgehead atoms. The van der Waals surface area contributed by atoms with Gasteiger partial charge in [0, 0.05) is 12.6 Å². The van der Waals surface area contributed by atoms with E-state index in [2.05, 4.69) is 24.2 Å². The fraction of sp³-hybridized carbons (Fsp3) is 0.958. The molecule has 0 amide bonds. The van der Waals surface area contributed by atoms with E-state index in [4.69, 9.17) is 0 Å². The summed E-state index contributed by atoms with van der Waals surface area (Å²) in [6.07, 6.45) is 17.0. The van der Waals surface area contributed by atoms with Gasteiger partial charge in [-0.1, -0.05) is 65.2 Å². The summed E-state index contributed by atoms with van der Waals surface area (Å²) >= 11 is 0. The minimum absolute atomic E-state index is 0.303. The average Bonchev–Trinajstić information content (AvgIpc) is 2.71. The molecule has 6 atom stereocenters. The van der Waals surface area contributed by atoms with Crippen LogP contribution in [0.5, 0.6) is 0 Å². The van der Waals surface area contributed by atoms with Gasteiger partial charge in [-0.2, -0.15) is 0 Å². The van der Waals surface area contributed by atoms with Crippen molar-refractivity contribution in [2.24, 2.45) is 29.6 Å². The van der Waals surface area contributed by atoms with Gasteiger partial charge in [0.25, 0.3) is 0 Å². The Kier molecular flexibility index (Phi) is 8.22. The first-order valence-electron chi connectivity index (χ1n) is 12.2. The fourth-order valence-corrected chi connectivity index (χ4v) is 6.53. The van der Waals surface area contributed by atoms with E-state index in [1.54, 1.807) is 0 Å². The first kappa shape index (κ1) is 22.1. The highest BCUT2D eigenvalue weighted by atomic mass is 16.4. The SMILES string of the molecule is CCCCC1CCC2NC(N(C)CC(C)C(=O)O)CC(C3CCCCC3)C2C1. The lowest BCUT2D eigenvalue weighted by molar-refractivity contribution is -0.142. The zero-order valence-electron chi connectivity index (χ0n) is 18.5. The van der Waals surface area contributed by atoms with Crippen LogP contribution in [-0.4, -0.2) is 41.8 Å². The van der Waals surface area contributed by atoms with Crippen molar-refractivity contribution in [2.45, 2.75) is 103 Å². The monoisotopic (exact) mass is 392 g/mol. The van der Waals surface area contributed by atoms with E-state index >= 15 is 0 Å². The molecule has 6 unspecified atom stereocenters. The minimum atomic E-state index is -0.680. The number of rotatable bonds is 8. The lowest BCUT2D eigenvalue weighted by Crippen LogP contribution is -2.60. The fourth-order valence-electron chi connectivity index (χ4n) is 6.53. The van der Waals surface area contributed by atoms with Crippen LogP contribution in [0.1, 0.15) is 90.9 Å². The van der Waals surface area contributed by atoms with Crippen molar-refractivity contribution in [3.8, 4) is 0 Å². The molecule has 3 fully saturated rings. The standard InChI is InChI=1S/C24H44N2O2/c1-4-5-9-18-12-13-22-21(14-18)20(19-10-7-6-8-11-19)15-23(25-22)26(3)16-17(2)24(27)28/h17-23,25H,4-16H2,1-3H3,(H,27,28). The van der Waals surface area contributed by atoms with Gasteiger partial charge in [0.05, 0.1) is 12.1 Å². The van der Waals surface area contributed by atoms with E-state index in [0.29, 0.717) is 18.8 Å². The number of unbranched alkanes of at least 4 members (excludes halogenated alkanes) is 1. The molecule has 0 aromatic heterocycles. The Morgan fingerprint density at radius 2 is 1.86 bits per heavy atom. The average molecular weight is 393 g/mol. The summed E-state index contributed by atoms with van der Waals surface area (Å²) in [5.74, 6) is 2.54. The summed E-state index contributed by atoms with van der Waals surface area (Å²) in [7, 11) is 2.13. The Hall–Kier alpha value is -0.610. The van der Waals surface area contributed by atoms with Crippen molar-refractivity contribution >= 4 is 5.97 Å². The number of aliphatic carboxylic acids is 1. The van der Waals surface area contributed by atoms with Gasteiger partial charge in [-0.05, 0) is 56.4 Å². The third-order valence-corrected chi connectivity index (χ3v) is 8.20. The van der Waals surface area contributed by atoms with Crippen LogP contribution in [0.3, 0.4) is 0 Å². The number of carboxylic acids is 1. The molecule has 2 aliphatic carbocycles. The van der Waals surface area contributed by atoms with Gasteiger partial charge < -0.3 is 5.11 Å². The normalized spacial score (nSPS) is 35.5. The maximum atomic E-state index is 11.3. The maximum absolute atomic E-state index is 11.3. The van der Waals surface area contributed by atoms with Crippen molar-refractivity contribution < 1.29 is 9.90 Å². The number of hydrogen-bond acceptors (Lipinski definition) is 3. The highest BCUT2D eigenvalue weighted by molar-refractivity contribution is 5.69. The molecule has 1 saturated heterocycles. The van der Waals surface area contributed by atoms with Crippen molar-refractivity contribution in [2.75, 3.05) is 13.6 Å². The highest BCUT2D eigenvalue weighted by Gasteiger charge is 2.44. The molecule has 3 rings (SSSR count). The number of nitrogens with zero attached hydrogens (tertiary/aromatic N) is 1. The predicted octanol–water partition coefficient (Wildman–Crippen LogP) is 5.13. The second kappa shape index (κ2) is 10.4. The molecule has 1 heterocycles. The second-order valence-electron chi connectivity index (χ2n) is 10.3. The van der Waals surface area contributed by atoms with E-state index < -0.39 is 5.97 Å². The van der Waals surface area contributed by atoms with Crippen LogP contribution in [0.25, 0.3) is 0 Å². The van der Waals surface area contributed by atoms with Gasteiger partial charge in [-0.15, -0.1) is 0 Å². The molecule has 1 aliphatic heterocycles. The summed E-state index contributed by atoms with van der Waals surface area (Å²) in [6.45, 7) is 4.79. The Morgan fingerprint density at radius 1 is 1.11 bits per heavy atom. The van der Waals surface area contributed by atoms with E-state index in [0.717, 1.165) is 23.7 Å². The molecule has 2 N–H and O–H groups in total. The molecule has 0 aromatic carbocycles. The molecule has 0 spiro atoms. The van der Waals surface area contributed by atoms with Crippen molar-refractivity contribution in [3.63, 3.8) is 0 Å². The number of fused-ring (bicyclic) bond motifs is 1. The Morgan fingerprint density at radius 3 is 2.54 bits per heavy atom. The van der Waals surface area contributed by atoms with Crippen molar-refractivity contribution in [3.05, 3.63) is 0 Å². The summed E-state index contributed by atoms with van der Waals surface area (Å²) < 4.78 is 0. The molecule has 162 valence electrons. The van der Waals surface area contributed by atoms with E-state index in [1.165, 1.54) is 77.0 Å². The third-order valence-electron chi connectivity index (χ3n) is 8.20. The van der Waals surface area contributed by atoms with Gasteiger partial charge in [0.1, 0.15) is 0 Å². The molecule has 2 saturated carbocycles. The van der Waals surface area contributed by atoms with Gasteiger partial charge in [0.2, 0.25) is 0 Å². The van der Waals surface area contributed by atoms with Crippen LogP contribution in [-0.2, 0) is 4.79 Å². The van der Waals surface area contributed by atoms with Crippen LogP contribution in [0.4, 0.5) is 0 Å². The molecular formula is C24H44N2O2. The molecule has 0 aromatic rings. The second-order valence-corrected chi connectivity index (χ2v) is 10.3. The van der Waals surface area contributed by atoms with Crippen LogP contribution in [0.15, 0.2) is 0 Å². The Bertz CT molecular complexity index is 491. The van der Waals surface area contributed by atoms with E-state index in [9.17, 15) is 9.90 Å². The van der Waals surface area contributed by atoms with Crippen LogP contribution in [0, 0.1) is 29.6 Å². The molecule has 3 aliphatic rings. The number of piperidine rings is 1. The lowest BCUT2D eigenvalue weighted by Gasteiger charge is -2.52. The third kappa shape index (κ3) is 5.50. The van der Waals surface area contributed by atoms with E-state index in [1.807, 2.05) is 6.92 Å². The van der Waals surface area contributed by atoms with E-state index in [-0.39, 0.29) is 5.92 Å². The number of hydrogen-bond donors (Lipinski definition) is 2. The number of carboxylic acid groups (broad SMARTS) is 1. The van der Waals surface area contributed by atoms with Gasteiger partial charge in [0.15, 0.2) is 0 Å².